The standard InChI is InChI=1S/C9H17N5O2/c1-6(15-2)4-11-8-7(16-3)9(14-10)13-5-12-8/h5-6H,4,10H2,1-3H3,(H2,11,12,13,14). The Morgan fingerprint density at radius 2 is 2.06 bits per heavy atom. The predicted octanol–water partition coefficient (Wildman–Crippen LogP) is 0.218. The molecular weight excluding hydrogens is 210 g/mol. The smallest absolute Gasteiger partial charge is 0.205 e. The summed E-state index contributed by atoms with van der Waals surface area (Å²) in [5.41, 5.74) is 2.44. The topological polar surface area (TPSA) is 94.3 Å². The second-order valence-electron chi connectivity index (χ2n) is 3.18. The van der Waals surface area contributed by atoms with Crippen molar-refractivity contribution in [2.45, 2.75) is 13.0 Å². The lowest BCUT2D eigenvalue weighted by molar-refractivity contribution is 0.128. The molecule has 1 atom stereocenters. The van der Waals surface area contributed by atoms with Gasteiger partial charge in [-0.1, -0.05) is 0 Å². The van der Waals surface area contributed by atoms with Gasteiger partial charge in [-0.3, -0.25) is 0 Å². The highest BCUT2D eigenvalue weighted by molar-refractivity contribution is 5.62. The van der Waals surface area contributed by atoms with Gasteiger partial charge in [0.05, 0.1) is 13.2 Å². The fraction of sp³-hybridized carbons (Fsp3) is 0.556. The molecule has 0 aliphatic carbocycles. The SMILES string of the molecule is COc1c(NN)ncnc1NCC(C)OC. The summed E-state index contributed by atoms with van der Waals surface area (Å²) in [7, 11) is 3.18. The highest BCUT2D eigenvalue weighted by Gasteiger charge is 2.11. The van der Waals surface area contributed by atoms with Gasteiger partial charge in [-0.2, -0.15) is 0 Å². The molecule has 1 unspecified atom stereocenters. The van der Waals surface area contributed by atoms with E-state index in [1.807, 2.05) is 6.92 Å². The zero-order valence-electron chi connectivity index (χ0n) is 9.65. The molecule has 0 saturated heterocycles. The number of rotatable bonds is 6. The molecule has 0 aliphatic heterocycles. The monoisotopic (exact) mass is 227 g/mol. The molecule has 0 aliphatic rings. The highest BCUT2D eigenvalue weighted by Crippen LogP contribution is 2.27. The largest absolute Gasteiger partial charge is 0.490 e. The van der Waals surface area contributed by atoms with Gasteiger partial charge in [0.1, 0.15) is 6.33 Å². The summed E-state index contributed by atoms with van der Waals surface area (Å²) in [6.07, 6.45) is 1.48. The number of nitrogens with zero attached hydrogens (tertiary/aromatic N) is 2. The third kappa shape index (κ3) is 2.94. The van der Waals surface area contributed by atoms with Crippen molar-refractivity contribution in [2.24, 2.45) is 5.84 Å². The van der Waals surface area contributed by atoms with E-state index in [0.29, 0.717) is 23.9 Å². The van der Waals surface area contributed by atoms with E-state index in [0.717, 1.165) is 0 Å². The van der Waals surface area contributed by atoms with Crippen LogP contribution in [0.2, 0.25) is 0 Å². The summed E-state index contributed by atoms with van der Waals surface area (Å²) in [4.78, 5) is 8.00. The van der Waals surface area contributed by atoms with Gasteiger partial charge < -0.3 is 20.2 Å². The normalized spacial score (nSPS) is 12.0. The van der Waals surface area contributed by atoms with Crippen LogP contribution in [0.3, 0.4) is 0 Å². The maximum Gasteiger partial charge on any atom is 0.205 e. The summed E-state index contributed by atoms with van der Waals surface area (Å²) in [5.74, 6) is 6.80. The van der Waals surface area contributed by atoms with Crippen LogP contribution in [0.5, 0.6) is 5.75 Å². The molecule has 16 heavy (non-hydrogen) atoms. The minimum atomic E-state index is 0.0777. The van der Waals surface area contributed by atoms with Gasteiger partial charge in [-0.25, -0.2) is 15.8 Å². The van der Waals surface area contributed by atoms with Crippen molar-refractivity contribution in [3.05, 3.63) is 6.33 Å². The van der Waals surface area contributed by atoms with Gasteiger partial charge in [0, 0.05) is 13.7 Å². The zero-order chi connectivity index (χ0) is 12.0. The van der Waals surface area contributed by atoms with Crippen LogP contribution in [0.1, 0.15) is 6.92 Å². The molecule has 0 aromatic carbocycles. The molecule has 7 heteroatoms. The molecule has 4 N–H and O–H groups in total. The number of nitrogens with one attached hydrogen (secondary N) is 2. The Bertz CT molecular complexity index is 334. The number of ether oxygens (including phenoxy) is 2. The summed E-state index contributed by atoms with van der Waals surface area (Å²) >= 11 is 0. The summed E-state index contributed by atoms with van der Waals surface area (Å²) in [6.45, 7) is 2.57. The molecule has 1 aromatic heterocycles. The molecule has 0 amide bonds. The number of hydrogen-bond acceptors (Lipinski definition) is 7. The molecular formula is C9H17N5O2. The zero-order valence-corrected chi connectivity index (χ0v) is 9.65. The third-order valence-electron chi connectivity index (χ3n) is 2.10. The molecule has 0 fully saturated rings. The number of anilines is 2. The number of hydrazine groups is 1. The van der Waals surface area contributed by atoms with Crippen LogP contribution in [0.25, 0.3) is 0 Å². The Morgan fingerprint density at radius 1 is 1.38 bits per heavy atom. The lowest BCUT2D eigenvalue weighted by Gasteiger charge is -2.14. The number of nitrogens with two attached hydrogens (primary N) is 1. The van der Waals surface area contributed by atoms with Gasteiger partial charge in [0.2, 0.25) is 5.75 Å². The van der Waals surface area contributed by atoms with E-state index in [2.05, 4.69) is 20.7 Å². The summed E-state index contributed by atoms with van der Waals surface area (Å²) < 4.78 is 10.3. The van der Waals surface area contributed by atoms with Gasteiger partial charge in [0.25, 0.3) is 0 Å². The van der Waals surface area contributed by atoms with E-state index in [4.69, 9.17) is 15.3 Å². The maximum absolute atomic E-state index is 5.30. The Labute approximate surface area is 94.3 Å². The second kappa shape index (κ2) is 6.09. The number of aromatic nitrogens is 2. The van der Waals surface area contributed by atoms with Crippen molar-refractivity contribution in [2.75, 3.05) is 31.5 Å². The van der Waals surface area contributed by atoms with E-state index >= 15 is 0 Å². The molecule has 1 rings (SSSR count). The maximum atomic E-state index is 5.30. The van der Waals surface area contributed by atoms with E-state index < -0.39 is 0 Å². The lowest BCUT2D eigenvalue weighted by atomic mass is 10.4. The fourth-order valence-corrected chi connectivity index (χ4v) is 1.12. The summed E-state index contributed by atoms with van der Waals surface area (Å²) in [5, 5.41) is 3.09. The van der Waals surface area contributed by atoms with Crippen LogP contribution < -0.4 is 21.3 Å². The van der Waals surface area contributed by atoms with Crippen LogP contribution in [0.15, 0.2) is 6.33 Å². The van der Waals surface area contributed by atoms with E-state index in [9.17, 15) is 0 Å². The second-order valence-corrected chi connectivity index (χ2v) is 3.18. The molecule has 0 radical (unpaired) electrons. The Balaban J connectivity index is 2.78. The average molecular weight is 227 g/mol. The third-order valence-corrected chi connectivity index (χ3v) is 2.10. The van der Waals surface area contributed by atoms with E-state index in [-0.39, 0.29) is 6.10 Å². The van der Waals surface area contributed by atoms with Crippen molar-refractivity contribution in [1.82, 2.24) is 9.97 Å². The Kier molecular flexibility index (Phi) is 4.74. The van der Waals surface area contributed by atoms with Gasteiger partial charge in [-0.15, -0.1) is 0 Å². The molecule has 7 nitrogen and oxygen atoms in total. The fourth-order valence-electron chi connectivity index (χ4n) is 1.12. The number of nitrogen functional groups attached to an aromatic ring is 1. The lowest BCUT2D eigenvalue weighted by Crippen LogP contribution is -2.20. The minimum absolute atomic E-state index is 0.0777. The van der Waals surface area contributed by atoms with Gasteiger partial charge >= 0.3 is 0 Å². The first-order chi connectivity index (χ1) is 7.72. The quantitative estimate of drug-likeness (QED) is 0.472. The molecule has 0 bridgehead atoms. The van der Waals surface area contributed by atoms with Crippen LogP contribution >= 0.6 is 0 Å². The summed E-state index contributed by atoms with van der Waals surface area (Å²) in [6, 6.07) is 0. The first kappa shape index (κ1) is 12.5. The van der Waals surface area contributed by atoms with Crippen LogP contribution in [-0.4, -0.2) is 36.8 Å². The Hall–Kier alpha value is -1.60. The predicted molar refractivity (Wildman–Crippen MR) is 61.4 cm³/mol. The molecule has 1 heterocycles. The van der Waals surface area contributed by atoms with E-state index in [1.165, 1.54) is 13.4 Å². The van der Waals surface area contributed by atoms with Crippen molar-refractivity contribution in [3.63, 3.8) is 0 Å². The van der Waals surface area contributed by atoms with Gasteiger partial charge in [-0.05, 0) is 6.92 Å². The van der Waals surface area contributed by atoms with Crippen molar-refractivity contribution in [3.8, 4) is 5.75 Å². The first-order valence-corrected chi connectivity index (χ1v) is 4.85. The average Bonchev–Trinajstić information content (AvgIpc) is 2.34. The van der Waals surface area contributed by atoms with Crippen LogP contribution in [0, 0.1) is 0 Å². The van der Waals surface area contributed by atoms with Crippen molar-refractivity contribution >= 4 is 11.6 Å². The van der Waals surface area contributed by atoms with Crippen LogP contribution in [0.4, 0.5) is 11.6 Å². The molecule has 90 valence electrons. The first-order valence-electron chi connectivity index (χ1n) is 4.85. The van der Waals surface area contributed by atoms with Crippen molar-refractivity contribution in [1.29, 1.82) is 0 Å². The van der Waals surface area contributed by atoms with Gasteiger partial charge in [0.15, 0.2) is 11.6 Å². The number of methoxy groups -OCH3 is 2. The Morgan fingerprint density at radius 3 is 2.62 bits per heavy atom. The minimum Gasteiger partial charge on any atom is -0.490 e. The number of hydrogen-bond donors (Lipinski definition) is 3. The van der Waals surface area contributed by atoms with E-state index in [1.54, 1.807) is 7.11 Å². The van der Waals surface area contributed by atoms with Crippen molar-refractivity contribution < 1.29 is 9.47 Å². The van der Waals surface area contributed by atoms with Crippen LogP contribution in [-0.2, 0) is 4.74 Å². The molecule has 0 spiro atoms. The molecule has 1 aromatic rings. The highest BCUT2D eigenvalue weighted by atomic mass is 16.5. The molecule has 0 saturated carbocycles.